The molecule has 2 aromatic carbocycles. The molecular formula is C23H35N2P. The van der Waals surface area contributed by atoms with Gasteiger partial charge in [-0.2, -0.15) is 0 Å². The van der Waals surface area contributed by atoms with Crippen LogP contribution in [0.2, 0.25) is 0 Å². The average molecular weight is 371 g/mol. The number of hydrogen-bond acceptors (Lipinski definition) is 2. The van der Waals surface area contributed by atoms with E-state index in [-0.39, 0.29) is 0 Å². The molecule has 0 heterocycles. The molecular weight excluding hydrogens is 335 g/mol. The number of nitrogens with one attached hydrogen (secondary N) is 2. The predicted molar refractivity (Wildman–Crippen MR) is 122 cm³/mol. The number of hydrogen-bond donors (Lipinski definition) is 2. The Bertz CT molecular complexity index is 749. The monoisotopic (exact) mass is 370 g/mol. The van der Waals surface area contributed by atoms with E-state index in [2.05, 4.69) is 93.8 Å². The molecule has 0 unspecified atom stereocenters. The van der Waals surface area contributed by atoms with E-state index in [9.17, 15) is 0 Å². The van der Waals surface area contributed by atoms with Gasteiger partial charge in [-0.1, -0.05) is 0 Å². The van der Waals surface area contributed by atoms with Gasteiger partial charge < -0.3 is 0 Å². The van der Waals surface area contributed by atoms with Crippen molar-refractivity contribution in [2.75, 3.05) is 18.5 Å². The molecule has 2 nitrogen and oxygen atoms in total. The van der Waals surface area contributed by atoms with Crippen LogP contribution < -0.4 is 21.0 Å². The van der Waals surface area contributed by atoms with Gasteiger partial charge in [-0.25, -0.2) is 0 Å². The van der Waals surface area contributed by atoms with E-state index in [1.165, 1.54) is 21.7 Å². The van der Waals surface area contributed by atoms with Gasteiger partial charge in [-0.3, -0.25) is 0 Å². The van der Waals surface area contributed by atoms with Crippen LogP contribution in [-0.2, 0) is 6.42 Å². The summed E-state index contributed by atoms with van der Waals surface area (Å²) in [5.41, 5.74) is 4.77. The second-order valence-corrected chi connectivity index (χ2v) is 11.6. The van der Waals surface area contributed by atoms with Gasteiger partial charge >= 0.3 is 160 Å². The SMILES string of the molecule is C=C(C)Nc1cc([PH](C)(NCC(C)C)c2ccc(CC)cc2)ccc1C. The van der Waals surface area contributed by atoms with Crippen molar-refractivity contribution in [3.8, 4) is 0 Å². The first-order valence-electron chi connectivity index (χ1n) is 9.64. The van der Waals surface area contributed by atoms with Crippen molar-refractivity contribution in [1.82, 2.24) is 5.09 Å². The standard InChI is InChI=1S/C23H35N2P/c1-8-20-10-13-21(14-11-20)26(7,24-16-17(2)3)22-12-9-19(6)23(15-22)25-18(4)5/h9-15,17,24-26H,4,8,16H2,1-3,5-7H3. The zero-order valence-corrected chi connectivity index (χ0v) is 18.2. The maximum atomic E-state index is 4.00. The minimum absolute atomic E-state index is 0.621. The first-order valence-corrected chi connectivity index (χ1v) is 12.1. The van der Waals surface area contributed by atoms with E-state index < -0.39 is 7.41 Å². The normalized spacial score (nSPS) is 12.3. The molecule has 0 amide bonds. The molecule has 0 aromatic heterocycles. The fourth-order valence-corrected chi connectivity index (χ4v) is 6.39. The molecule has 0 fully saturated rings. The third kappa shape index (κ3) is 4.96. The van der Waals surface area contributed by atoms with Gasteiger partial charge in [0.05, 0.1) is 0 Å². The molecule has 142 valence electrons. The van der Waals surface area contributed by atoms with E-state index >= 15 is 0 Å². The third-order valence-electron chi connectivity index (χ3n) is 4.97. The molecule has 0 saturated heterocycles. The van der Waals surface area contributed by atoms with E-state index in [0.717, 1.165) is 24.4 Å². The summed E-state index contributed by atoms with van der Waals surface area (Å²) in [6, 6.07) is 16.0. The van der Waals surface area contributed by atoms with Gasteiger partial charge in [0.25, 0.3) is 0 Å². The van der Waals surface area contributed by atoms with E-state index in [4.69, 9.17) is 0 Å². The number of rotatable bonds is 8. The number of aryl methyl sites for hydroxylation is 2. The fraction of sp³-hybridized carbons (Fsp3) is 0.391. The molecule has 3 heteroatoms. The van der Waals surface area contributed by atoms with Crippen molar-refractivity contribution in [1.29, 1.82) is 0 Å². The van der Waals surface area contributed by atoms with Crippen molar-refractivity contribution in [2.45, 2.75) is 41.0 Å². The first-order chi connectivity index (χ1) is 12.3. The van der Waals surface area contributed by atoms with Crippen LogP contribution in [0.1, 0.15) is 38.8 Å². The zero-order chi connectivity index (χ0) is 19.3. The Hall–Kier alpha value is -1.63. The molecule has 0 saturated carbocycles. The van der Waals surface area contributed by atoms with Crippen molar-refractivity contribution in [3.05, 3.63) is 65.9 Å². The summed E-state index contributed by atoms with van der Waals surface area (Å²) in [6.07, 6.45) is 1.08. The number of anilines is 1. The zero-order valence-electron chi connectivity index (χ0n) is 17.2. The van der Waals surface area contributed by atoms with E-state index in [1.54, 1.807) is 0 Å². The minimum atomic E-state index is -2.03. The second kappa shape index (κ2) is 8.84. The van der Waals surface area contributed by atoms with Crippen molar-refractivity contribution in [2.24, 2.45) is 5.92 Å². The Balaban J connectivity index is 2.50. The van der Waals surface area contributed by atoms with Crippen molar-refractivity contribution < 1.29 is 0 Å². The molecule has 0 aliphatic rings. The van der Waals surface area contributed by atoms with Crippen LogP contribution in [0.15, 0.2) is 54.7 Å². The van der Waals surface area contributed by atoms with E-state index in [1.807, 2.05) is 6.92 Å². The molecule has 0 atom stereocenters. The van der Waals surface area contributed by atoms with Crippen LogP contribution in [0, 0.1) is 12.8 Å². The van der Waals surface area contributed by atoms with Crippen molar-refractivity contribution >= 4 is 23.7 Å². The van der Waals surface area contributed by atoms with Gasteiger partial charge in [-0.15, -0.1) is 0 Å². The van der Waals surface area contributed by atoms with Gasteiger partial charge in [0.2, 0.25) is 0 Å². The summed E-state index contributed by atoms with van der Waals surface area (Å²) in [5, 5.41) is 10.2. The maximum absolute atomic E-state index is 4.00. The molecule has 2 rings (SSSR count). The van der Waals surface area contributed by atoms with E-state index in [0.29, 0.717) is 5.92 Å². The van der Waals surface area contributed by atoms with Crippen molar-refractivity contribution in [3.63, 3.8) is 0 Å². The van der Waals surface area contributed by atoms with Crippen LogP contribution >= 0.6 is 7.41 Å². The first kappa shape index (κ1) is 20.7. The van der Waals surface area contributed by atoms with Gasteiger partial charge in [0.1, 0.15) is 0 Å². The average Bonchev–Trinajstić information content (AvgIpc) is 2.61. The molecule has 0 aliphatic heterocycles. The molecule has 0 spiro atoms. The summed E-state index contributed by atoms with van der Waals surface area (Å²) < 4.78 is 0. The Labute approximate surface area is 160 Å². The summed E-state index contributed by atoms with van der Waals surface area (Å²) in [6.45, 7) is 18.3. The predicted octanol–water partition coefficient (Wildman–Crippen LogP) is 4.99. The topological polar surface area (TPSA) is 24.1 Å². The molecule has 26 heavy (non-hydrogen) atoms. The van der Waals surface area contributed by atoms with Crippen LogP contribution in [-0.4, -0.2) is 13.2 Å². The second-order valence-electron chi connectivity index (χ2n) is 7.89. The van der Waals surface area contributed by atoms with Gasteiger partial charge in [0, 0.05) is 0 Å². The molecule has 0 aliphatic carbocycles. The van der Waals surface area contributed by atoms with Crippen LogP contribution in [0.25, 0.3) is 0 Å². The molecule has 2 aromatic rings. The number of benzene rings is 2. The summed E-state index contributed by atoms with van der Waals surface area (Å²) in [4.78, 5) is 0. The quantitative estimate of drug-likeness (QED) is 0.640. The Morgan fingerprint density at radius 3 is 2.23 bits per heavy atom. The summed E-state index contributed by atoms with van der Waals surface area (Å²) in [5.74, 6) is 0.621. The third-order valence-corrected chi connectivity index (χ3v) is 8.83. The Kier molecular flexibility index (Phi) is 7.03. The van der Waals surface area contributed by atoms with Gasteiger partial charge in [-0.05, 0) is 0 Å². The molecule has 0 bridgehead atoms. The van der Waals surface area contributed by atoms with Gasteiger partial charge in [0.15, 0.2) is 0 Å². The summed E-state index contributed by atoms with van der Waals surface area (Å²) >= 11 is 0. The molecule has 2 N–H and O–H groups in total. The Morgan fingerprint density at radius 1 is 1.08 bits per heavy atom. The van der Waals surface area contributed by atoms with Crippen LogP contribution in [0.5, 0.6) is 0 Å². The Morgan fingerprint density at radius 2 is 1.69 bits per heavy atom. The fourth-order valence-electron chi connectivity index (χ4n) is 3.15. The summed E-state index contributed by atoms with van der Waals surface area (Å²) in [7, 11) is -2.03. The van der Waals surface area contributed by atoms with Crippen LogP contribution in [0.3, 0.4) is 0 Å². The molecule has 0 radical (unpaired) electrons. The van der Waals surface area contributed by atoms with Crippen LogP contribution in [0.4, 0.5) is 5.69 Å². The number of allylic oxidation sites excluding steroid dienone is 1.